The maximum Gasteiger partial charge on any atom is 0.137 e. The molecule has 4 rings (SSSR count). The van der Waals surface area contributed by atoms with Crippen molar-refractivity contribution in [2.45, 2.75) is 6.42 Å². The molecule has 0 spiro atoms. The van der Waals surface area contributed by atoms with Crippen LogP contribution >= 0.6 is 0 Å². The predicted molar refractivity (Wildman–Crippen MR) is 104 cm³/mol. The number of anilines is 1. The monoisotopic (exact) mass is 345 g/mol. The highest BCUT2D eigenvalue weighted by atomic mass is 19.1. The average Bonchev–Trinajstić information content (AvgIpc) is 3.01. The number of rotatable bonds is 4. The molecule has 2 aromatic carbocycles. The number of hydrogen-bond acceptors (Lipinski definition) is 2. The zero-order valence-corrected chi connectivity index (χ0v) is 14.9. The van der Waals surface area contributed by atoms with Crippen LogP contribution in [0.15, 0.2) is 72.9 Å². The smallest absolute Gasteiger partial charge is 0.137 e. The van der Waals surface area contributed by atoms with E-state index in [1.54, 1.807) is 12.1 Å². The van der Waals surface area contributed by atoms with E-state index in [4.69, 9.17) is 4.98 Å². The van der Waals surface area contributed by atoms with Gasteiger partial charge in [0.25, 0.3) is 0 Å². The van der Waals surface area contributed by atoms with Crippen LogP contribution in [0, 0.1) is 5.82 Å². The molecular formula is C22H20FN3. The summed E-state index contributed by atoms with van der Waals surface area (Å²) in [4.78, 5) is 6.87. The van der Waals surface area contributed by atoms with Gasteiger partial charge in [-0.3, -0.25) is 0 Å². The average molecular weight is 345 g/mol. The second-order valence-electron chi connectivity index (χ2n) is 6.58. The molecule has 0 unspecified atom stereocenters. The lowest BCUT2D eigenvalue weighted by Gasteiger charge is -2.13. The molecule has 0 atom stereocenters. The SMILES string of the molecule is CN(C)c1ccc(Cc2c(-c3ccc(F)cc3)nc3ccccn23)cc1. The Balaban J connectivity index is 1.79. The van der Waals surface area contributed by atoms with E-state index >= 15 is 0 Å². The Kier molecular flexibility index (Phi) is 4.17. The molecule has 0 bridgehead atoms. The van der Waals surface area contributed by atoms with Crippen LogP contribution in [-0.4, -0.2) is 23.5 Å². The first-order valence-electron chi connectivity index (χ1n) is 8.60. The van der Waals surface area contributed by atoms with Crippen LogP contribution in [0.4, 0.5) is 10.1 Å². The number of benzene rings is 2. The standard InChI is InChI=1S/C22H20FN3/c1-25(2)19-12-6-16(7-13-19)15-20-22(17-8-10-18(23)11-9-17)24-21-5-3-4-14-26(20)21/h3-14H,15H2,1-2H3. The summed E-state index contributed by atoms with van der Waals surface area (Å²) in [5.74, 6) is -0.238. The first kappa shape index (κ1) is 16.3. The van der Waals surface area contributed by atoms with E-state index in [9.17, 15) is 4.39 Å². The lowest BCUT2D eigenvalue weighted by Crippen LogP contribution is -2.08. The van der Waals surface area contributed by atoms with Gasteiger partial charge in [-0.25, -0.2) is 9.37 Å². The zero-order chi connectivity index (χ0) is 18.1. The van der Waals surface area contributed by atoms with Crippen LogP contribution in [0.25, 0.3) is 16.9 Å². The van der Waals surface area contributed by atoms with Crippen LogP contribution in [0.2, 0.25) is 0 Å². The van der Waals surface area contributed by atoms with Crippen LogP contribution in [0.5, 0.6) is 0 Å². The maximum absolute atomic E-state index is 13.3. The van der Waals surface area contributed by atoms with E-state index in [-0.39, 0.29) is 5.82 Å². The number of halogens is 1. The van der Waals surface area contributed by atoms with Gasteiger partial charge in [-0.15, -0.1) is 0 Å². The minimum Gasteiger partial charge on any atom is -0.378 e. The number of aromatic nitrogens is 2. The first-order valence-corrected chi connectivity index (χ1v) is 8.60. The Morgan fingerprint density at radius 1 is 0.923 bits per heavy atom. The Bertz CT molecular complexity index is 1030. The lowest BCUT2D eigenvalue weighted by atomic mass is 10.0. The number of nitrogens with zero attached hydrogens (tertiary/aromatic N) is 3. The molecule has 0 saturated carbocycles. The van der Waals surface area contributed by atoms with Crippen LogP contribution in [0.3, 0.4) is 0 Å². The number of imidazole rings is 1. The lowest BCUT2D eigenvalue weighted by molar-refractivity contribution is 0.628. The summed E-state index contributed by atoms with van der Waals surface area (Å²) < 4.78 is 15.4. The Morgan fingerprint density at radius 3 is 2.35 bits per heavy atom. The molecule has 0 radical (unpaired) electrons. The van der Waals surface area contributed by atoms with Gasteiger partial charge >= 0.3 is 0 Å². The third-order valence-corrected chi connectivity index (χ3v) is 4.57. The fourth-order valence-electron chi connectivity index (χ4n) is 3.16. The van der Waals surface area contributed by atoms with Crippen molar-refractivity contribution in [3.05, 3.63) is 90.0 Å². The van der Waals surface area contributed by atoms with Gasteiger partial charge in [-0.05, 0) is 54.1 Å². The predicted octanol–water partition coefficient (Wildman–Crippen LogP) is 4.80. The van der Waals surface area contributed by atoms with E-state index in [1.165, 1.54) is 23.4 Å². The van der Waals surface area contributed by atoms with Gasteiger partial charge < -0.3 is 9.30 Å². The van der Waals surface area contributed by atoms with Gasteiger partial charge in [-0.2, -0.15) is 0 Å². The van der Waals surface area contributed by atoms with Crippen molar-refractivity contribution in [2.24, 2.45) is 0 Å². The van der Waals surface area contributed by atoms with E-state index < -0.39 is 0 Å². The largest absolute Gasteiger partial charge is 0.378 e. The quantitative estimate of drug-likeness (QED) is 0.530. The summed E-state index contributed by atoms with van der Waals surface area (Å²) >= 11 is 0. The van der Waals surface area contributed by atoms with Gasteiger partial charge in [-0.1, -0.05) is 18.2 Å². The van der Waals surface area contributed by atoms with Gasteiger partial charge in [0.15, 0.2) is 0 Å². The van der Waals surface area contributed by atoms with Crippen molar-refractivity contribution in [2.75, 3.05) is 19.0 Å². The molecule has 4 aromatic rings. The fourth-order valence-corrected chi connectivity index (χ4v) is 3.16. The maximum atomic E-state index is 13.3. The number of fused-ring (bicyclic) bond motifs is 1. The molecule has 4 heteroatoms. The van der Waals surface area contributed by atoms with Crippen LogP contribution < -0.4 is 4.90 Å². The minimum absolute atomic E-state index is 0.238. The highest BCUT2D eigenvalue weighted by molar-refractivity contribution is 5.67. The van der Waals surface area contributed by atoms with Gasteiger partial charge in [0.2, 0.25) is 0 Å². The summed E-state index contributed by atoms with van der Waals surface area (Å²) in [5, 5.41) is 0. The summed E-state index contributed by atoms with van der Waals surface area (Å²) in [6.45, 7) is 0. The highest BCUT2D eigenvalue weighted by Crippen LogP contribution is 2.27. The first-order chi connectivity index (χ1) is 12.6. The van der Waals surface area contributed by atoms with E-state index in [2.05, 4.69) is 33.6 Å². The summed E-state index contributed by atoms with van der Waals surface area (Å²) in [7, 11) is 4.07. The second kappa shape index (κ2) is 6.64. The van der Waals surface area contributed by atoms with Crippen LogP contribution in [-0.2, 0) is 6.42 Å². The topological polar surface area (TPSA) is 20.5 Å². The number of pyridine rings is 1. The third kappa shape index (κ3) is 3.06. The van der Waals surface area contributed by atoms with Crippen LogP contribution in [0.1, 0.15) is 11.3 Å². The highest BCUT2D eigenvalue weighted by Gasteiger charge is 2.14. The minimum atomic E-state index is -0.238. The molecule has 0 aliphatic carbocycles. The van der Waals surface area contributed by atoms with Crippen molar-refractivity contribution in [1.82, 2.24) is 9.38 Å². The molecule has 0 aliphatic rings. The van der Waals surface area contributed by atoms with Crippen molar-refractivity contribution in [3.63, 3.8) is 0 Å². The van der Waals surface area contributed by atoms with E-state index in [0.717, 1.165) is 29.0 Å². The number of hydrogen-bond donors (Lipinski definition) is 0. The third-order valence-electron chi connectivity index (χ3n) is 4.57. The molecular weight excluding hydrogens is 325 g/mol. The Morgan fingerprint density at radius 2 is 1.65 bits per heavy atom. The molecule has 3 nitrogen and oxygen atoms in total. The Labute approximate surface area is 152 Å². The van der Waals surface area contributed by atoms with Gasteiger partial charge in [0.05, 0.1) is 11.4 Å². The molecule has 2 aromatic heterocycles. The van der Waals surface area contributed by atoms with Gasteiger partial charge in [0, 0.05) is 38.0 Å². The summed E-state index contributed by atoms with van der Waals surface area (Å²) in [6.07, 6.45) is 2.78. The normalized spacial score (nSPS) is 11.0. The molecule has 0 fully saturated rings. The molecule has 2 heterocycles. The summed E-state index contributed by atoms with van der Waals surface area (Å²) in [6, 6.07) is 21.0. The van der Waals surface area contributed by atoms with E-state index in [0.29, 0.717) is 0 Å². The molecule has 26 heavy (non-hydrogen) atoms. The fraction of sp³-hybridized carbons (Fsp3) is 0.136. The molecule has 0 saturated heterocycles. The van der Waals surface area contributed by atoms with Gasteiger partial charge in [0.1, 0.15) is 11.5 Å². The summed E-state index contributed by atoms with van der Waals surface area (Å²) in [5.41, 5.74) is 6.20. The Hall–Kier alpha value is -3.14. The van der Waals surface area contributed by atoms with Crippen molar-refractivity contribution in [3.8, 4) is 11.3 Å². The van der Waals surface area contributed by atoms with Crippen molar-refractivity contribution in [1.29, 1.82) is 0 Å². The second-order valence-corrected chi connectivity index (χ2v) is 6.58. The van der Waals surface area contributed by atoms with Crippen molar-refractivity contribution >= 4 is 11.3 Å². The molecule has 0 aliphatic heterocycles. The molecule has 0 amide bonds. The van der Waals surface area contributed by atoms with E-state index in [1.807, 2.05) is 38.5 Å². The molecule has 0 N–H and O–H groups in total. The molecule has 130 valence electrons. The van der Waals surface area contributed by atoms with Crippen molar-refractivity contribution < 1.29 is 4.39 Å². The zero-order valence-electron chi connectivity index (χ0n) is 14.9.